The number of sulfonamides is 1. The lowest BCUT2D eigenvalue weighted by Crippen LogP contribution is -2.35. The van der Waals surface area contributed by atoms with Gasteiger partial charge < -0.3 is 4.74 Å². The maximum absolute atomic E-state index is 12.5. The summed E-state index contributed by atoms with van der Waals surface area (Å²) in [4.78, 5) is 23.3. The lowest BCUT2D eigenvalue weighted by Gasteiger charge is -2.23. The highest BCUT2D eigenvalue weighted by Gasteiger charge is 2.25. The van der Waals surface area contributed by atoms with Crippen LogP contribution in [0.25, 0.3) is 0 Å². The molecule has 0 unspecified atom stereocenters. The molecule has 0 bridgehead atoms. The van der Waals surface area contributed by atoms with Crippen molar-refractivity contribution < 1.29 is 22.7 Å². The SMILES string of the molecule is CC(=O)c1ccc(S(=O)(=O)N(C)CC(=O)OC2CCCCC2)cc1. The molecule has 1 fully saturated rings. The second-order valence-corrected chi connectivity index (χ2v) is 8.14. The van der Waals surface area contributed by atoms with E-state index in [-0.39, 0.29) is 23.3 Å². The number of ketones is 1. The van der Waals surface area contributed by atoms with Crippen molar-refractivity contribution in [3.63, 3.8) is 0 Å². The molecule has 1 aromatic rings. The molecule has 0 amide bonds. The highest BCUT2D eigenvalue weighted by molar-refractivity contribution is 7.89. The Kier molecular flexibility index (Phi) is 6.12. The van der Waals surface area contributed by atoms with Crippen molar-refractivity contribution in [1.82, 2.24) is 4.31 Å². The highest BCUT2D eigenvalue weighted by Crippen LogP contribution is 2.21. The second kappa shape index (κ2) is 7.90. The van der Waals surface area contributed by atoms with Crippen molar-refractivity contribution in [2.45, 2.75) is 50.0 Å². The van der Waals surface area contributed by atoms with E-state index in [1.807, 2.05) is 0 Å². The quantitative estimate of drug-likeness (QED) is 0.579. The normalized spacial score (nSPS) is 16.1. The average molecular weight is 353 g/mol. The third-order valence-electron chi connectivity index (χ3n) is 4.17. The molecule has 0 heterocycles. The number of nitrogens with zero attached hydrogens (tertiary/aromatic N) is 1. The predicted octanol–water partition coefficient (Wildman–Crippen LogP) is 2.39. The number of carbonyl (C=O) groups excluding carboxylic acids is 2. The van der Waals surface area contributed by atoms with Crippen LogP contribution in [-0.4, -0.2) is 44.2 Å². The van der Waals surface area contributed by atoms with E-state index in [1.54, 1.807) is 0 Å². The van der Waals surface area contributed by atoms with Crippen molar-refractivity contribution in [3.8, 4) is 0 Å². The molecule has 24 heavy (non-hydrogen) atoms. The summed E-state index contributed by atoms with van der Waals surface area (Å²) in [5.41, 5.74) is 0.438. The van der Waals surface area contributed by atoms with Crippen LogP contribution < -0.4 is 0 Å². The summed E-state index contributed by atoms with van der Waals surface area (Å²) >= 11 is 0. The number of carbonyl (C=O) groups is 2. The van der Waals surface area contributed by atoms with Crippen LogP contribution in [0.5, 0.6) is 0 Å². The summed E-state index contributed by atoms with van der Waals surface area (Å²) in [7, 11) is -2.45. The third kappa shape index (κ3) is 4.64. The second-order valence-electron chi connectivity index (χ2n) is 6.09. The van der Waals surface area contributed by atoms with Gasteiger partial charge in [-0.05, 0) is 44.7 Å². The van der Waals surface area contributed by atoms with Crippen LogP contribution in [0.2, 0.25) is 0 Å². The topological polar surface area (TPSA) is 80.8 Å². The van der Waals surface area contributed by atoms with Gasteiger partial charge in [-0.3, -0.25) is 9.59 Å². The molecular weight excluding hydrogens is 330 g/mol. The minimum atomic E-state index is -3.80. The van der Waals surface area contributed by atoms with Crippen molar-refractivity contribution >= 4 is 21.8 Å². The Morgan fingerprint density at radius 1 is 1.12 bits per heavy atom. The van der Waals surface area contributed by atoms with Crippen LogP contribution in [0, 0.1) is 0 Å². The number of ether oxygens (including phenoxy) is 1. The Bertz CT molecular complexity index is 690. The molecule has 132 valence electrons. The largest absolute Gasteiger partial charge is 0.461 e. The van der Waals surface area contributed by atoms with Gasteiger partial charge in [-0.1, -0.05) is 18.6 Å². The van der Waals surface area contributed by atoms with Gasteiger partial charge in [-0.15, -0.1) is 0 Å². The molecule has 1 aliphatic rings. The van der Waals surface area contributed by atoms with Crippen LogP contribution in [0.15, 0.2) is 29.2 Å². The molecule has 1 saturated carbocycles. The Labute approximate surface area is 142 Å². The van der Waals surface area contributed by atoms with Crippen LogP contribution in [0.3, 0.4) is 0 Å². The van der Waals surface area contributed by atoms with Gasteiger partial charge in [0.2, 0.25) is 10.0 Å². The van der Waals surface area contributed by atoms with Crippen LogP contribution in [0.4, 0.5) is 0 Å². The van der Waals surface area contributed by atoms with E-state index in [0.29, 0.717) is 5.56 Å². The van der Waals surface area contributed by atoms with E-state index in [4.69, 9.17) is 4.74 Å². The Morgan fingerprint density at radius 3 is 2.25 bits per heavy atom. The third-order valence-corrected chi connectivity index (χ3v) is 5.99. The van der Waals surface area contributed by atoms with E-state index >= 15 is 0 Å². The highest BCUT2D eigenvalue weighted by atomic mass is 32.2. The summed E-state index contributed by atoms with van der Waals surface area (Å²) in [5, 5.41) is 0. The Balaban J connectivity index is 1.99. The molecule has 1 aromatic carbocycles. The van der Waals surface area contributed by atoms with Gasteiger partial charge in [0, 0.05) is 12.6 Å². The van der Waals surface area contributed by atoms with Crippen molar-refractivity contribution in [2.24, 2.45) is 0 Å². The molecular formula is C17H23NO5S. The van der Waals surface area contributed by atoms with Gasteiger partial charge >= 0.3 is 5.97 Å². The van der Waals surface area contributed by atoms with E-state index in [1.165, 1.54) is 38.2 Å². The fourth-order valence-electron chi connectivity index (χ4n) is 2.71. The van der Waals surface area contributed by atoms with Crippen LogP contribution >= 0.6 is 0 Å². The molecule has 0 aliphatic heterocycles. The van der Waals surface area contributed by atoms with Crippen LogP contribution in [0.1, 0.15) is 49.4 Å². The first-order valence-electron chi connectivity index (χ1n) is 8.07. The van der Waals surface area contributed by atoms with Gasteiger partial charge in [0.15, 0.2) is 5.78 Å². The molecule has 0 N–H and O–H groups in total. The number of hydrogen-bond donors (Lipinski definition) is 0. The number of benzene rings is 1. The van der Waals surface area contributed by atoms with E-state index in [2.05, 4.69) is 0 Å². The van der Waals surface area contributed by atoms with Gasteiger partial charge in [0.25, 0.3) is 0 Å². The molecule has 0 aromatic heterocycles. The molecule has 0 radical (unpaired) electrons. The maximum Gasteiger partial charge on any atom is 0.321 e. The Hall–Kier alpha value is -1.73. The zero-order valence-corrected chi connectivity index (χ0v) is 14.8. The summed E-state index contributed by atoms with van der Waals surface area (Å²) in [6, 6.07) is 5.66. The Morgan fingerprint density at radius 2 is 1.71 bits per heavy atom. The zero-order valence-electron chi connectivity index (χ0n) is 14.0. The number of hydrogen-bond acceptors (Lipinski definition) is 5. The van der Waals surface area contributed by atoms with Crippen molar-refractivity contribution in [1.29, 1.82) is 0 Å². The fraction of sp³-hybridized carbons (Fsp3) is 0.529. The van der Waals surface area contributed by atoms with E-state index in [0.717, 1.165) is 36.4 Å². The smallest absolute Gasteiger partial charge is 0.321 e. The van der Waals surface area contributed by atoms with Crippen LogP contribution in [-0.2, 0) is 19.6 Å². The molecule has 7 heteroatoms. The van der Waals surface area contributed by atoms with Crippen molar-refractivity contribution in [3.05, 3.63) is 29.8 Å². The summed E-state index contributed by atoms with van der Waals surface area (Å²) in [6.45, 7) is 1.09. The fourth-order valence-corrected chi connectivity index (χ4v) is 3.83. The molecule has 0 atom stereocenters. The van der Waals surface area contributed by atoms with Gasteiger partial charge in [0.05, 0.1) is 4.90 Å². The first-order valence-corrected chi connectivity index (χ1v) is 9.51. The molecule has 0 spiro atoms. The van der Waals surface area contributed by atoms with Gasteiger partial charge in [-0.25, -0.2) is 8.42 Å². The summed E-state index contributed by atoms with van der Waals surface area (Å²) in [6.07, 6.45) is 4.81. The molecule has 6 nitrogen and oxygen atoms in total. The average Bonchev–Trinajstić information content (AvgIpc) is 2.55. The maximum atomic E-state index is 12.5. The minimum absolute atomic E-state index is 0.0421. The number of Topliss-reactive ketones (excluding diaryl/α,β-unsaturated/α-hetero) is 1. The monoisotopic (exact) mass is 353 g/mol. The number of likely N-dealkylation sites (N-methyl/N-ethyl adjacent to an activating group) is 1. The standard InChI is InChI=1S/C17H23NO5S/c1-13(19)14-8-10-16(11-9-14)24(21,22)18(2)12-17(20)23-15-6-4-3-5-7-15/h8-11,15H,3-7,12H2,1-2H3. The minimum Gasteiger partial charge on any atom is -0.461 e. The zero-order chi connectivity index (χ0) is 17.7. The molecule has 2 rings (SSSR count). The van der Waals surface area contributed by atoms with Crippen molar-refractivity contribution in [2.75, 3.05) is 13.6 Å². The van der Waals surface area contributed by atoms with E-state index in [9.17, 15) is 18.0 Å². The molecule has 1 aliphatic carbocycles. The number of rotatable bonds is 6. The predicted molar refractivity (Wildman–Crippen MR) is 89.2 cm³/mol. The van der Waals surface area contributed by atoms with Gasteiger partial charge in [-0.2, -0.15) is 4.31 Å². The molecule has 0 saturated heterocycles. The van der Waals surface area contributed by atoms with E-state index < -0.39 is 16.0 Å². The van der Waals surface area contributed by atoms with Gasteiger partial charge in [0.1, 0.15) is 12.6 Å². The first kappa shape index (κ1) is 18.6. The lowest BCUT2D eigenvalue weighted by atomic mass is 9.98. The lowest BCUT2D eigenvalue weighted by molar-refractivity contribution is -0.150. The summed E-state index contributed by atoms with van der Waals surface area (Å²) in [5.74, 6) is -0.670. The number of esters is 1. The summed E-state index contributed by atoms with van der Waals surface area (Å²) < 4.78 is 31.3. The first-order chi connectivity index (χ1) is 11.3.